The van der Waals surface area contributed by atoms with Crippen LogP contribution in [-0.4, -0.2) is 44.8 Å². The highest BCUT2D eigenvalue weighted by atomic mass is 35.5. The van der Waals surface area contributed by atoms with Gasteiger partial charge in [0.25, 0.3) is 0 Å². The first-order chi connectivity index (χ1) is 14.2. The van der Waals surface area contributed by atoms with Gasteiger partial charge in [-0.05, 0) is 63.2 Å². The summed E-state index contributed by atoms with van der Waals surface area (Å²) < 4.78 is 11.2. The number of nitrogens with one attached hydrogen (secondary N) is 1. The van der Waals surface area contributed by atoms with E-state index in [2.05, 4.69) is 12.2 Å². The maximum Gasteiger partial charge on any atom is 0.226 e. The van der Waals surface area contributed by atoms with E-state index in [1.807, 2.05) is 0 Å². The van der Waals surface area contributed by atoms with Gasteiger partial charge >= 0.3 is 0 Å². The summed E-state index contributed by atoms with van der Waals surface area (Å²) in [6, 6.07) is 0. The smallest absolute Gasteiger partial charge is 0.226 e. The third kappa shape index (κ3) is 8.38. The van der Waals surface area contributed by atoms with E-state index < -0.39 is 0 Å². The van der Waals surface area contributed by atoms with Gasteiger partial charge in [-0.25, -0.2) is 0 Å². The zero-order valence-electron chi connectivity index (χ0n) is 18.7. The Morgan fingerprint density at radius 1 is 0.828 bits per heavy atom. The second kappa shape index (κ2) is 13.9. The third-order valence-corrected chi connectivity index (χ3v) is 7.54. The SMILES string of the molecule is CCCCCC12CCC(C(=O)NCCOCCOCCCCCCCl)(CC1)CC2. The van der Waals surface area contributed by atoms with Crippen LogP contribution in [0.2, 0.25) is 0 Å². The predicted molar refractivity (Wildman–Crippen MR) is 121 cm³/mol. The standard InChI is InChI=1S/C24H44ClNO3/c1-2-3-6-9-23-10-13-24(14-11-23,15-12-23)22(27)26-17-19-29-21-20-28-18-8-5-4-7-16-25/h2-21H2,1H3,(H,26,27). The summed E-state index contributed by atoms with van der Waals surface area (Å²) in [5.74, 6) is 1.03. The number of rotatable bonds is 17. The normalized spacial score (nSPS) is 26.0. The highest BCUT2D eigenvalue weighted by Gasteiger charge is 2.51. The molecule has 0 aromatic heterocycles. The lowest BCUT2D eigenvalue weighted by Crippen LogP contribution is -2.50. The molecule has 3 aliphatic carbocycles. The van der Waals surface area contributed by atoms with Crippen LogP contribution in [0.15, 0.2) is 0 Å². The fraction of sp³-hybridized carbons (Fsp3) is 0.958. The zero-order chi connectivity index (χ0) is 20.8. The van der Waals surface area contributed by atoms with Gasteiger partial charge in [-0.15, -0.1) is 11.6 Å². The Morgan fingerprint density at radius 3 is 2.14 bits per heavy atom. The number of hydrogen-bond donors (Lipinski definition) is 1. The molecule has 5 heteroatoms. The van der Waals surface area contributed by atoms with Crippen LogP contribution < -0.4 is 5.32 Å². The molecule has 1 amide bonds. The molecule has 29 heavy (non-hydrogen) atoms. The Labute approximate surface area is 183 Å². The molecule has 0 heterocycles. The van der Waals surface area contributed by atoms with Crippen molar-refractivity contribution in [2.75, 3.05) is 38.9 Å². The van der Waals surface area contributed by atoms with Crippen LogP contribution in [0.5, 0.6) is 0 Å². The van der Waals surface area contributed by atoms with Crippen molar-refractivity contribution in [1.82, 2.24) is 5.32 Å². The molecule has 0 aromatic carbocycles. The highest BCUT2D eigenvalue weighted by Crippen LogP contribution is 2.58. The first-order valence-corrected chi connectivity index (χ1v) is 12.7. The van der Waals surface area contributed by atoms with Crippen molar-refractivity contribution in [3.63, 3.8) is 0 Å². The lowest BCUT2D eigenvalue weighted by molar-refractivity contribution is -0.141. The van der Waals surface area contributed by atoms with Crippen LogP contribution in [0.1, 0.15) is 96.8 Å². The van der Waals surface area contributed by atoms with Crippen molar-refractivity contribution in [2.24, 2.45) is 10.8 Å². The molecule has 3 aliphatic rings. The van der Waals surface area contributed by atoms with Crippen LogP contribution in [0, 0.1) is 10.8 Å². The van der Waals surface area contributed by atoms with Crippen molar-refractivity contribution < 1.29 is 14.3 Å². The van der Waals surface area contributed by atoms with Gasteiger partial charge in [0.1, 0.15) is 0 Å². The predicted octanol–water partition coefficient (Wildman–Crippen LogP) is 5.86. The second-order valence-electron chi connectivity index (χ2n) is 9.32. The first kappa shape index (κ1) is 24.9. The quantitative estimate of drug-likeness (QED) is 0.233. The minimum atomic E-state index is -0.0842. The summed E-state index contributed by atoms with van der Waals surface area (Å²) in [7, 11) is 0. The Bertz CT molecular complexity index is 433. The van der Waals surface area contributed by atoms with Crippen LogP contribution in [0.25, 0.3) is 0 Å². The molecule has 1 N–H and O–H groups in total. The monoisotopic (exact) mass is 429 g/mol. The van der Waals surface area contributed by atoms with Gasteiger partial charge in [0.2, 0.25) is 5.91 Å². The summed E-state index contributed by atoms with van der Waals surface area (Å²) >= 11 is 5.66. The third-order valence-electron chi connectivity index (χ3n) is 7.27. The number of halogens is 1. The van der Waals surface area contributed by atoms with Gasteiger partial charge in [0.05, 0.1) is 19.8 Å². The van der Waals surface area contributed by atoms with Crippen molar-refractivity contribution >= 4 is 17.5 Å². The van der Waals surface area contributed by atoms with Gasteiger partial charge in [0, 0.05) is 24.4 Å². The fourth-order valence-electron chi connectivity index (χ4n) is 5.13. The maximum absolute atomic E-state index is 12.8. The maximum atomic E-state index is 12.8. The van der Waals surface area contributed by atoms with E-state index in [1.165, 1.54) is 57.8 Å². The van der Waals surface area contributed by atoms with E-state index >= 15 is 0 Å². The molecule has 0 aliphatic heterocycles. The van der Waals surface area contributed by atoms with E-state index in [-0.39, 0.29) is 11.3 Å². The average Bonchev–Trinajstić information content (AvgIpc) is 2.76. The van der Waals surface area contributed by atoms with E-state index in [1.54, 1.807) is 0 Å². The van der Waals surface area contributed by atoms with E-state index in [9.17, 15) is 4.79 Å². The molecule has 0 aromatic rings. The first-order valence-electron chi connectivity index (χ1n) is 12.2. The number of fused-ring (bicyclic) bond motifs is 3. The van der Waals surface area contributed by atoms with Crippen molar-refractivity contribution in [1.29, 1.82) is 0 Å². The molecule has 0 unspecified atom stereocenters. The Kier molecular flexibility index (Phi) is 11.9. The minimum Gasteiger partial charge on any atom is -0.379 e. The minimum absolute atomic E-state index is 0.0842. The summed E-state index contributed by atoms with van der Waals surface area (Å²) in [6.07, 6.45) is 17.0. The topological polar surface area (TPSA) is 47.6 Å². The van der Waals surface area contributed by atoms with E-state index in [4.69, 9.17) is 21.1 Å². The molecular formula is C24H44ClNO3. The number of hydrogen-bond acceptors (Lipinski definition) is 3. The number of ether oxygens (including phenoxy) is 2. The summed E-state index contributed by atoms with van der Waals surface area (Å²) in [4.78, 5) is 12.8. The average molecular weight is 430 g/mol. The highest BCUT2D eigenvalue weighted by molar-refractivity contribution is 6.17. The van der Waals surface area contributed by atoms with E-state index in [0.29, 0.717) is 31.8 Å². The molecule has 2 bridgehead atoms. The molecule has 0 radical (unpaired) electrons. The molecule has 0 atom stereocenters. The zero-order valence-corrected chi connectivity index (χ0v) is 19.5. The Hall–Kier alpha value is -0.320. The number of carbonyl (C=O) groups excluding carboxylic acids is 1. The van der Waals surface area contributed by atoms with Crippen LogP contribution in [0.3, 0.4) is 0 Å². The van der Waals surface area contributed by atoms with Crippen molar-refractivity contribution in [3.05, 3.63) is 0 Å². The largest absolute Gasteiger partial charge is 0.379 e. The molecule has 0 spiro atoms. The lowest BCUT2D eigenvalue weighted by Gasteiger charge is -2.52. The molecule has 3 rings (SSSR count). The second-order valence-corrected chi connectivity index (χ2v) is 9.70. The van der Waals surface area contributed by atoms with Crippen molar-refractivity contribution in [2.45, 2.75) is 96.8 Å². The molecular weight excluding hydrogens is 386 g/mol. The number of alkyl halides is 1. The Morgan fingerprint density at radius 2 is 1.48 bits per heavy atom. The lowest BCUT2D eigenvalue weighted by atomic mass is 9.52. The van der Waals surface area contributed by atoms with Crippen molar-refractivity contribution in [3.8, 4) is 0 Å². The van der Waals surface area contributed by atoms with E-state index in [0.717, 1.165) is 44.6 Å². The number of carbonyl (C=O) groups is 1. The molecule has 4 nitrogen and oxygen atoms in total. The number of amides is 1. The fourth-order valence-corrected chi connectivity index (χ4v) is 5.32. The molecule has 3 saturated carbocycles. The molecule has 3 fully saturated rings. The van der Waals surface area contributed by atoms with Gasteiger partial charge in [-0.2, -0.15) is 0 Å². The Balaban J connectivity index is 1.48. The van der Waals surface area contributed by atoms with Crippen LogP contribution in [-0.2, 0) is 14.3 Å². The molecule has 170 valence electrons. The van der Waals surface area contributed by atoms with Gasteiger partial charge < -0.3 is 14.8 Å². The summed E-state index contributed by atoms with van der Waals surface area (Å²) in [6.45, 7) is 5.49. The van der Waals surface area contributed by atoms with Gasteiger partial charge in [0.15, 0.2) is 0 Å². The number of unbranched alkanes of at least 4 members (excludes halogenated alkanes) is 5. The summed E-state index contributed by atoms with van der Waals surface area (Å²) in [5, 5.41) is 3.15. The summed E-state index contributed by atoms with van der Waals surface area (Å²) in [5.41, 5.74) is 0.476. The van der Waals surface area contributed by atoms with Gasteiger partial charge in [-0.1, -0.05) is 39.0 Å². The molecule has 0 saturated heterocycles. The van der Waals surface area contributed by atoms with Crippen LogP contribution in [0.4, 0.5) is 0 Å². The van der Waals surface area contributed by atoms with Crippen LogP contribution >= 0.6 is 11.6 Å². The van der Waals surface area contributed by atoms with Gasteiger partial charge in [-0.3, -0.25) is 4.79 Å².